The van der Waals surface area contributed by atoms with E-state index in [0.717, 1.165) is 0 Å². The van der Waals surface area contributed by atoms with Crippen LogP contribution in [0.15, 0.2) is 10.5 Å². The summed E-state index contributed by atoms with van der Waals surface area (Å²) in [6.07, 6.45) is 0. The fourth-order valence-electron chi connectivity index (χ4n) is 0.827. The molecular weight excluding hydrogens is 238 g/mol. The molecule has 70 valence electrons. The molecule has 0 bridgehead atoms. The highest BCUT2D eigenvalue weighted by atomic mass is 79.9. The molecule has 0 unspecified atom stereocenters. The van der Waals surface area contributed by atoms with E-state index in [1.807, 2.05) is 0 Å². The second kappa shape index (κ2) is 3.61. The Morgan fingerprint density at radius 2 is 2.31 bits per heavy atom. The Kier molecular flexibility index (Phi) is 2.72. The lowest BCUT2D eigenvalue weighted by Gasteiger charge is -2.05. The van der Waals surface area contributed by atoms with E-state index in [1.165, 1.54) is 13.2 Å². The fourth-order valence-corrected chi connectivity index (χ4v) is 1.32. The van der Waals surface area contributed by atoms with E-state index in [4.69, 9.17) is 16.2 Å². The normalized spacial score (nSPS) is 9.69. The number of pyridine rings is 1. The molecule has 1 aromatic rings. The van der Waals surface area contributed by atoms with E-state index in [0.29, 0.717) is 4.47 Å². The number of carbonyl (C=O) groups is 1. The maximum absolute atomic E-state index is 10.8. The first kappa shape index (κ1) is 9.79. The molecule has 0 saturated carbocycles. The molecule has 0 aliphatic heterocycles. The van der Waals surface area contributed by atoms with Crippen LogP contribution < -0.4 is 16.2 Å². The summed E-state index contributed by atoms with van der Waals surface area (Å²) in [5.41, 5.74) is 10.8. The number of amides is 1. The van der Waals surface area contributed by atoms with E-state index >= 15 is 0 Å². The number of aromatic nitrogens is 1. The second-order valence-corrected chi connectivity index (χ2v) is 3.14. The predicted molar refractivity (Wildman–Crippen MR) is 51.4 cm³/mol. The van der Waals surface area contributed by atoms with Crippen molar-refractivity contribution < 1.29 is 9.53 Å². The van der Waals surface area contributed by atoms with Crippen LogP contribution in [-0.2, 0) is 0 Å². The highest BCUT2D eigenvalue weighted by Crippen LogP contribution is 2.25. The highest BCUT2D eigenvalue weighted by Gasteiger charge is 2.12. The Labute approximate surface area is 83.2 Å². The van der Waals surface area contributed by atoms with Crippen LogP contribution in [0.2, 0.25) is 0 Å². The summed E-state index contributed by atoms with van der Waals surface area (Å²) in [6.45, 7) is 0. The lowest BCUT2D eigenvalue weighted by molar-refractivity contribution is 0.0995. The van der Waals surface area contributed by atoms with E-state index in [1.54, 1.807) is 0 Å². The first-order valence-electron chi connectivity index (χ1n) is 3.36. The molecule has 0 saturated heterocycles. The van der Waals surface area contributed by atoms with E-state index in [2.05, 4.69) is 20.9 Å². The number of ether oxygens (including phenoxy) is 1. The number of hydrogen-bond donors (Lipinski definition) is 2. The van der Waals surface area contributed by atoms with Crippen molar-refractivity contribution in [2.24, 2.45) is 5.73 Å². The van der Waals surface area contributed by atoms with Crippen LogP contribution in [0.4, 0.5) is 5.69 Å². The van der Waals surface area contributed by atoms with E-state index in [-0.39, 0.29) is 17.3 Å². The average molecular weight is 246 g/mol. The number of nitrogens with zero attached hydrogens (tertiary/aromatic N) is 1. The second-order valence-electron chi connectivity index (χ2n) is 2.28. The largest absolute Gasteiger partial charge is 0.480 e. The van der Waals surface area contributed by atoms with Crippen LogP contribution in [0, 0.1) is 0 Å². The molecule has 6 heteroatoms. The topological polar surface area (TPSA) is 91.2 Å². The van der Waals surface area contributed by atoms with Crippen LogP contribution >= 0.6 is 15.9 Å². The number of hydrogen-bond acceptors (Lipinski definition) is 4. The summed E-state index contributed by atoms with van der Waals surface area (Å²) in [6, 6.07) is 1.52. The smallest absolute Gasteiger partial charge is 0.269 e. The maximum atomic E-state index is 10.8. The first-order valence-corrected chi connectivity index (χ1v) is 4.15. The van der Waals surface area contributed by atoms with Gasteiger partial charge in [0.15, 0.2) is 5.69 Å². The third kappa shape index (κ3) is 1.89. The van der Waals surface area contributed by atoms with Gasteiger partial charge in [0.05, 0.1) is 17.3 Å². The highest BCUT2D eigenvalue weighted by molar-refractivity contribution is 9.10. The summed E-state index contributed by atoms with van der Waals surface area (Å²) in [7, 11) is 1.44. The summed E-state index contributed by atoms with van der Waals surface area (Å²) in [4.78, 5) is 14.6. The van der Waals surface area contributed by atoms with Gasteiger partial charge in [-0.05, 0) is 22.0 Å². The van der Waals surface area contributed by atoms with Gasteiger partial charge < -0.3 is 16.2 Å². The molecule has 1 rings (SSSR count). The van der Waals surface area contributed by atoms with Crippen molar-refractivity contribution in [3.05, 3.63) is 16.2 Å². The summed E-state index contributed by atoms with van der Waals surface area (Å²) < 4.78 is 5.45. The van der Waals surface area contributed by atoms with E-state index < -0.39 is 5.91 Å². The van der Waals surface area contributed by atoms with Gasteiger partial charge in [-0.3, -0.25) is 4.79 Å². The Morgan fingerprint density at radius 1 is 1.69 bits per heavy atom. The van der Waals surface area contributed by atoms with Gasteiger partial charge in [0.25, 0.3) is 5.91 Å². The van der Waals surface area contributed by atoms with Crippen molar-refractivity contribution in [3.63, 3.8) is 0 Å². The standard InChI is InChI=1S/C7H8BrN3O2/c1-13-7-3(8)2-4(9)5(11-7)6(10)12/h2H,9H2,1H3,(H2,10,12). The maximum Gasteiger partial charge on any atom is 0.269 e. The lowest BCUT2D eigenvalue weighted by Crippen LogP contribution is -2.16. The van der Waals surface area contributed by atoms with Gasteiger partial charge in [-0.15, -0.1) is 0 Å². The molecule has 0 aliphatic rings. The van der Waals surface area contributed by atoms with Crippen molar-refractivity contribution in [2.45, 2.75) is 0 Å². The van der Waals surface area contributed by atoms with Crippen molar-refractivity contribution >= 4 is 27.5 Å². The molecule has 0 aromatic carbocycles. The van der Waals surface area contributed by atoms with Crippen LogP contribution in [0.5, 0.6) is 5.88 Å². The van der Waals surface area contributed by atoms with Crippen molar-refractivity contribution in [1.29, 1.82) is 0 Å². The number of nitrogens with two attached hydrogens (primary N) is 2. The molecule has 4 N–H and O–H groups in total. The third-order valence-corrected chi connectivity index (χ3v) is 1.97. The van der Waals surface area contributed by atoms with Gasteiger partial charge in [-0.2, -0.15) is 0 Å². The first-order chi connectivity index (χ1) is 6.06. The fraction of sp³-hybridized carbons (Fsp3) is 0.143. The van der Waals surface area contributed by atoms with E-state index in [9.17, 15) is 4.79 Å². The van der Waals surface area contributed by atoms with Gasteiger partial charge in [-0.25, -0.2) is 4.98 Å². The van der Waals surface area contributed by atoms with Gasteiger partial charge in [0.2, 0.25) is 5.88 Å². The lowest BCUT2D eigenvalue weighted by atomic mass is 10.3. The predicted octanol–water partition coefficient (Wildman–Crippen LogP) is 0.534. The molecule has 5 nitrogen and oxygen atoms in total. The number of anilines is 1. The van der Waals surface area contributed by atoms with Crippen molar-refractivity contribution in [1.82, 2.24) is 4.98 Å². The number of primary amides is 1. The monoisotopic (exact) mass is 245 g/mol. The number of halogens is 1. The molecule has 0 atom stereocenters. The van der Waals surface area contributed by atoms with Crippen LogP contribution in [0.1, 0.15) is 10.5 Å². The molecule has 13 heavy (non-hydrogen) atoms. The molecule has 1 aromatic heterocycles. The van der Waals surface area contributed by atoms with Gasteiger partial charge in [-0.1, -0.05) is 0 Å². The number of methoxy groups -OCH3 is 1. The number of carbonyl (C=O) groups excluding carboxylic acids is 1. The molecule has 0 aliphatic carbocycles. The molecule has 0 radical (unpaired) electrons. The van der Waals surface area contributed by atoms with Crippen LogP contribution in [-0.4, -0.2) is 18.0 Å². The molecule has 1 amide bonds. The Bertz CT molecular complexity index is 354. The van der Waals surface area contributed by atoms with Crippen molar-refractivity contribution in [3.8, 4) is 5.88 Å². The summed E-state index contributed by atoms with van der Waals surface area (Å²) >= 11 is 3.17. The summed E-state index contributed by atoms with van der Waals surface area (Å²) in [5, 5.41) is 0. The molecular formula is C7H8BrN3O2. The zero-order valence-corrected chi connectivity index (χ0v) is 8.46. The SMILES string of the molecule is COc1nc(C(N)=O)c(N)cc1Br. The third-order valence-electron chi connectivity index (χ3n) is 1.40. The minimum atomic E-state index is -0.678. The van der Waals surface area contributed by atoms with Gasteiger partial charge in [0, 0.05) is 0 Å². The van der Waals surface area contributed by atoms with Gasteiger partial charge in [0.1, 0.15) is 0 Å². The van der Waals surface area contributed by atoms with Crippen LogP contribution in [0.25, 0.3) is 0 Å². The minimum Gasteiger partial charge on any atom is -0.480 e. The Hall–Kier alpha value is -1.30. The average Bonchev–Trinajstić information content (AvgIpc) is 2.03. The number of nitrogen functional groups attached to an aromatic ring is 1. The minimum absolute atomic E-state index is 0.0139. The zero-order chi connectivity index (χ0) is 10.0. The number of rotatable bonds is 2. The van der Waals surface area contributed by atoms with Crippen LogP contribution in [0.3, 0.4) is 0 Å². The van der Waals surface area contributed by atoms with Gasteiger partial charge >= 0.3 is 0 Å². The molecule has 1 heterocycles. The Morgan fingerprint density at radius 3 is 2.77 bits per heavy atom. The van der Waals surface area contributed by atoms with Crippen molar-refractivity contribution in [2.75, 3.05) is 12.8 Å². The summed E-state index contributed by atoms with van der Waals surface area (Å²) in [5.74, 6) is -0.397. The Balaban J connectivity index is 3.30. The molecule has 0 fully saturated rings. The molecule has 0 spiro atoms. The zero-order valence-electron chi connectivity index (χ0n) is 6.87. The quantitative estimate of drug-likeness (QED) is 0.796.